The van der Waals surface area contributed by atoms with Crippen LogP contribution < -0.4 is 15.9 Å². The monoisotopic (exact) mass is 426 g/mol. The molecule has 2 heterocycles. The Morgan fingerprint density at radius 3 is 2.03 bits per heavy atom. The molecule has 1 atom stereocenters. The maximum atomic E-state index is 6.23. The average Bonchev–Trinajstić information content (AvgIpc) is 3.40. The summed E-state index contributed by atoms with van der Waals surface area (Å²) in [5.41, 5.74) is 2.33. The lowest BCUT2D eigenvalue weighted by molar-refractivity contribution is 0.291. The molecule has 4 heteroatoms. The van der Waals surface area contributed by atoms with E-state index in [0.29, 0.717) is 12.5 Å². The number of nitrogens with zero attached hydrogens (tertiary/aromatic N) is 2. The van der Waals surface area contributed by atoms with Crippen molar-refractivity contribution in [3.05, 3.63) is 90.6 Å². The van der Waals surface area contributed by atoms with Crippen molar-refractivity contribution in [2.45, 2.75) is 19.9 Å². The molecule has 0 radical (unpaired) electrons. The van der Waals surface area contributed by atoms with Crippen molar-refractivity contribution in [3.63, 3.8) is 0 Å². The first kappa shape index (κ1) is 20.0. The molecule has 3 nitrogen and oxygen atoms in total. The predicted octanol–water partition coefficient (Wildman–Crippen LogP) is 4.74. The number of hydrogen-bond donors (Lipinski definition) is 0. The minimum atomic E-state index is -0.773. The summed E-state index contributed by atoms with van der Waals surface area (Å²) in [6.45, 7) is 5.08. The molecule has 4 aromatic rings. The van der Waals surface area contributed by atoms with Gasteiger partial charge < -0.3 is 9.30 Å². The number of aryl methyl sites for hydroxylation is 1. The highest BCUT2D eigenvalue weighted by Gasteiger charge is 2.32. The quantitative estimate of drug-likeness (QED) is 0.424. The van der Waals surface area contributed by atoms with Crippen LogP contribution in [0.2, 0.25) is 0 Å². The SMILES string of the molecule is CC(C)[C@H]1COC(c2c(P(c3ccccc3)c3ccccc3)c3ccccc3n2C)=N1. The highest BCUT2D eigenvalue weighted by atomic mass is 31.1. The van der Waals surface area contributed by atoms with Gasteiger partial charge in [-0.25, -0.2) is 4.99 Å². The van der Waals surface area contributed by atoms with Crippen LogP contribution in [0.15, 0.2) is 89.9 Å². The zero-order valence-electron chi connectivity index (χ0n) is 18.2. The zero-order chi connectivity index (χ0) is 21.4. The molecule has 3 aromatic carbocycles. The van der Waals surface area contributed by atoms with Crippen LogP contribution >= 0.6 is 7.92 Å². The van der Waals surface area contributed by atoms with Crippen molar-refractivity contribution >= 4 is 40.6 Å². The average molecular weight is 427 g/mol. The summed E-state index contributed by atoms with van der Waals surface area (Å²) in [6, 6.07) is 30.6. The maximum absolute atomic E-state index is 6.23. The molecule has 156 valence electrons. The Morgan fingerprint density at radius 2 is 1.45 bits per heavy atom. The van der Waals surface area contributed by atoms with E-state index in [1.54, 1.807) is 0 Å². The van der Waals surface area contributed by atoms with E-state index >= 15 is 0 Å². The molecule has 1 aliphatic rings. The largest absolute Gasteiger partial charge is 0.474 e. The van der Waals surface area contributed by atoms with E-state index in [0.717, 1.165) is 11.6 Å². The number of hydrogen-bond acceptors (Lipinski definition) is 2. The van der Waals surface area contributed by atoms with Gasteiger partial charge in [-0.15, -0.1) is 0 Å². The van der Waals surface area contributed by atoms with Gasteiger partial charge in [0.05, 0.1) is 6.04 Å². The number of fused-ring (bicyclic) bond motifs is 1. The number of rotatable bonds is 5. The predicted molar refractivity (Wildman–Crippen MR) is 133 cm³/mol. The van der Waals surface area contributed by atoms with E-state index in [-0.39, 0.29) is 6.04 Å². The van der Waals surface area contributed by atoms with Crippen molar-refractivity contribution in [2.24, 2.45) is 18.0 Å². The molecule has 1 aromatic heterocycles. The summed E-state index contributed by atoms with van der Waals surface area (Å²) >= 11 is 0. The summed E-state index contributed by atoms with van der Waals surface area (Å²) in [4.78, 5) is 5.03. The van der Waals surface area contributed by atoms with Gasteiger partial charge in [0, 0.05) is 23.3 Å². The van der Waals surface area contributed by atoms with Crippen molar-refractivity contribution in [1.82, 2.24) is 4.57 Å². The molecular formula is C27H27N2OP. The van der Waals surface area contributed by atoms with Gasteiger partial charge in [-0.3, -0.25) is 0 Å². The minimum Gasteiger partial charge on any atom is -0.474 e. The van der Waals surface area contributed by atoms with E-state index in [2.05, 4.69) is 110 Å². The Morgan fingerprint density at radius 1 is 0.871 bits per heavy atom. The molecule has 0 bridgehead atoms. The zero-order valence-corrected chi connectivity index (χ0v) is 19.1. The summed E-state index contributed by atoms with van der Waals surface area (Å²) in [7, 11) is 1.37. The number of aromatic nitrogens is 1. The fraction of sp³-hybridized carbons (Fsp3) is 0.222. The lowest BCUT2D eigenvalue weighted by Crippen LogP contribution is -2.26. The van der Waals surface area contributed by atoms with E-state index in [9.17, 15) is 0 Å². The van der Waals surface area contributed by atoms with Gasteiger partial charge in [-0.1, -0.05) is 92.7 Å². The van der Waals surface area contributed by atoms with Crippen LogP contribution in [0, 0.1) is 5.92 Å². The summed E-state index contributed by atoms with van der Waals surface area (Å²) in [6.07, 6.45) is 0. The first-order chi connectivity index (χ1) is 15.1. The second-order valence-electron chi connectivity index (χ2n) is 8.34. The van der Waals surface area contributed by atoms with Crippen molar-refractivity contribution in [3.8, 4) is 0 Å². The number of ether oxygens (including phenoxy) is 1. The molecule has 0 saturated carbocycles. The van der Waals surface area contributed by atoms with Crippen molar-refractivity contribution < 1.29 is 4.74 Å². The Labute approximate surface area is 185 Å². The smallest absolute Gasteiger partial charge is 0.234 e. The van der Waals surface area contributed by atoms with Crippen LogP contribution in [0.1, 0.15) is 19.5 Å². The fourth-order valence-corrected chi connectivity index (χ4v) is 6.91. The van der Waals surface area contributed by atoms with Crippen LogP contribution in [0.4, 0.5) is 0 Å². The third kappa shape index (κ3) is 3.58. The normalized spacial score (nSPS) is 16.2. The van der Waals surface area contributed by atoms with Gasteiger partial charge in [0.2, 0.25) is 5.90 Å². The lowest BCUT2D eigenvalue weighted by Gasteiger charge is -2.20. The van der Waals surface area contributed by atoms with E-state index in [4.69, 9.17) is 9.73 Å². The Bertz CT molecular complexity index is 1190. The first-order valence-electron chi connectivity index (χ1n) is 10.8. The third-order valence-corrected chi connectivity index (χ3v) is 8.51. The maximum Gasteiger partial charge on any atom is 0.234 e. The van der Waals surface area contributed by atoms with Crippen LogP contribution in [-0.4, -0.2) is 23.1 Å². The topological polar surface area (TPSA) is 26.5 Å². The Hall–Kier alpha value is -2.90. The standard InChI is InChI=1S/C27H27N2OP/c1-19(2)23-18-30-27(28-23)25-26(22-16-10-11-17-24(22)29(25)3)31(20-12-6-4-7-13-20)21-14-8-5-9-15-21/h4-17,19,23H,18H2,1-3H3/t23-/m1/s1. The highest BCUT2D eigenvalue weighted by Crippen LogP contribution is 2.39. The Kier molecular flexibility index (Phi) is 5.38. The number of para-hydroxylation sites is 1. The fourth-order valence-electron chi connectivity index (χ4n) is 4.27. The second-order valence-corrected chi connectivity index (χ2v) is 10.5. The molecule has 0 unspecified atom stereocenters. The van der Waals surface area contributed by atoms with Gasteiger partial charge in [-0.05, 0) is 30.5 Å². The highest BCUT2D eigenvalue weighted by molar-refractivity contribution is 7.80. The molecule has 0 spiro atoms. The molecule has 5 rings (SSSR count). The number of benzene rings is 3. The van der Waals surface area contributed by atoms with Crippen molar-refractivity contribution in [1.29, 1.82) is 0 Å². The van der Waals surface area contributed by atoms with Gasteiger partial charge in [0.1, 0.15) is 12.3 Å². The van der Waals surface area contributed by atoms with Crippen LogP contribution in [0.3, 0.4) is 0 Å². The molecule has 0 aliphatic carbocycles. The molecule has 0 amide bonds. The minimum absolute atomic E-state index is 0.209. The molecular weight excluding hydrogens is 399 g/mol. The molecule has 31 heavy (non-hydrogen) atoms. The summed E-state index contributed by atoms with van der Waals surface area (Å²) in [5, 5.41) is 5.27. The van der Waals surface area contributed by atoms with E-state index in [1.165, 1.54) is 26.8 Å². The molecule has 0 fully saturated rings. The summed E-state index contributed by atoms with van der Waals surface area (Å²) < 4.78 is 8.50. The van der Waals surface area contributed by atoms with E-state index in [1.807, 2.05) is 0 Å². The third-order valence-electron chi connectivity index (χ3n) is 5.98. The van der Waals surface area contributed by atoms with Gasteiger partial charge in [0.15, 0.2) is 0 Å². The van der Waals surface area contributed by atoms with Gasteiger partial charge in [0.25, 0.3) is 0 Å². The lowest BCUT2D eigenvalue weighted by atomic mass is 10.1. The summed E-state index contributed by atoms with van der Waals surface area (Å²) in [5.74, 6) is 1.24. The van der Waals surface area contributed by atoms with Crippen LogP contribution in [-0.2, 0) is 11.8 Å². The second kappa shape index (κ2) is 8.32. The van der Waals surface area contributed by atoms with Crippen LogP contribution in [0.25, 0.3) is 10.9 Å². The van der Waals surface area contributed by atoms with Crippen molar-refractivity contribution in [2.75, 3.05) is 6.61 Å². The first-order valence-corrected chi connectivity index (χ1v) is 12.2. The molecule has 0 N–H and O–H groups in total. The van der Waals surface area contributed by atoms with Gasteiger partial charge >= 0.3 is 0 Å². The van der Waals surface area contributed by atoms with E-state index < -0.39 is 7.92 Å². The van der Waals surface area contributed by atoms with Gasteiger partial charge in [-0.2, -0.15) is 0 Å². The number of aliphatic imine (C=N–C) groups is 1. The van der Waals surface area contributed by atoms with Crippen LogP contribution in [0.5, 0.6) is 0 Å². The Balaban J connectivity index is 1.81. The molecule has 1 aliphatic heterocycles. The molecule has 0 saturated heterocycles.